The number of nitrogens with zero attached hydrogens (tertiary/aromatic N) is 2. The number of urea groups is 1. The maximum atomic E-state index is 12.3. The third kappa shape index (κ3) is 3.33. The van der Waals surface area contributed by atoms with Crippen molar-refractivity contribution in [3.8, 4) is 5.69 Å². The number of carbonyl (C=O) groups is 3. The molecular weight excluding hydrogens is 334 g/mol. The maximum absolute atomic E-state index is 12.3. The van der Waals surface area contributed by atoms with E-state index < -0.39 is 24.0 Å². The van der Waals surface area contributed by atoms with Gasteiger partial charge in [-0.25, -0.2) is 9.59 Å². The molecule has 1 unspecified atom stereocenters. The standard InChI is InChI=1S/C19H21N3O4/c1-12-4-5-13(2)22(12)16-8-6-15(7-9-16)18(24)26-14(3)17(23)21-11-10-20-19(21)25/h4-9,14H,10-11H2,1-3H3,(H,20,25). The van der Waals surface area contributed by atoms with Gasteiger partial charge in [-0.15, -0.1) is 0 Å². The van der Waals surface area contributed by atoms with Gasteiger partial charge in [0.2, 0.25) is 0 Å². The van der Waals surface area contributed by atoms with Crippen LogP contribution in [0.1, 0.15) is 28.7 Å². The summed E-state index contributed by atoms with van der Waals surface area (Å²) in [7, 11) is 0. The molecule has 1 atom stereocenters. The molecule has 0 saturated carbocycles. The Labute approximate surface area is 151 Å². The van der Waals surface area contributed by atoms with E-state index in [0.717, 1.165) is 22.0 Å². The minimum Gasteiger partial charge on any atom is -0.449 e. The number of rotatable bonds is 4. The molecule has 1 fully saturated rings. The van der Waals surface area contributed by atoms with Crippen LogP contribution in [0.5, 0.6) is 0 Å². The van der Waals surface area contributed by atoms with E-state index in [1.54, 1.807) is 12.1 Å². The molecule has 2 aromatic rings. The highest BCUT2D eigenvalue weighted by Gasteiger charge is 2.31. The number of amides is 3. The fraction of sp³-hybridized carbons (Fsp3) is 0.316. The zero-order valence-corrected chi connectivity index (χ0v) is 15.0. The van der Waals surface area contributed by atoms with E-state index in [4.69, 9.17) is 4.74 Å². The van der Waals surface area contributed by atoms with Crippen molar-refractivity contribution in [1.82, 2.24) is 14.8 Å². The summed E-state index contributed by atoms with van der Waals surface area (Å²) in [5.74, 6) is -1.12. The van der Waals surface area contributed by atoms with Crippen molar-refractivity contribution in [2.45, 2.75) is 26.9 Å². The van der Waals surface area contributed by atoms with Gasteiger partial charge in [-0.3, -0.25) is 9.69 Å². The quantitative estimate of drug-likeness (QED) is 0.853. The molecule has 3 amide bonds. The van der Waals surface area contributed by atoms with Crippen LogP contribution in [-0.2, 0) is 9.53 Å². The lowest BCUT2D eigenvalue weighted by Crippen LogP contribution is -2.41. The summed E-state index contributed by atoms with van der Waals surface area (Å²) in [6.07, 6.45) is -1.03. The van der Waals surface area contributed by atoms with Crippen LogP contribution >= 0.6 is 0 Å². The van der Waals surface area contributed by atoms with Gasteiger partial charge in [0.15, 0.2) is 6.10 Å². The predicted molar refractivity (Wildman–Crippen MR) is 95.2 cm³/mol. The van der Waals surface area contributed by atoms with E-state index in [1.807, 2.05) is 38.1 Å². The van der Waals surface area contributed by atoms with Crippen molar-refractivity contribution in [3.63, 3.8) is 0 Å². The van der Waals surface area contributed by atoms with Crippen LogP contribution in [0.25, 0.3) is 5.69 Å². The molecule has 1 aromatic carbocycles. The monoisotopic (exact) mass is 355 g/mol. The van der Waals surface area contributed by atoms with E-state index in [9.17, 15) is 14.4 Å². The van der Waals surface area contributed by atoms with E-state index in [0.29, 0.717) is 12.1 Å². The molecule has 7 nitrogen and oxygen atoms in total. The lowest BCUT2D eigenvalue weighted by molar-refractivity contribution is -0.136. The van der Waals surface area contributed by atoms with Crippen LogP contribution < -0.4 is 5.32 Å². The molecule has 26 heavy (non-hydrogen) atoms. The Kier molecular flexibility index (Phi) is 4.79. The lowest BCUT2D eigenvalue weighted by Gasteiger charge is -2.18. The number of benzene rings is 1. The van der Waals surface area contributed by atoms with Crippen molar-refractivity contribution in [1.29, 1.82) is 0 Å². The molecule has 7 heteroatoms. The van der Waals surface area contributed by atoms with Gasteiger partial charge in [-0.2, -0.15) is 0 Å². The summed E-state index contributed by atoms with van der Waals surface area (Å²) in [5, 5.41) is 2.54. The van der Waals surface area contributed by atoms with Gasteiger partial charge in [0.05, 0.1) is 5.56 Å². The van der Waals surface area contributed by atoms with E-state index in [2.05, 4.69) is 9.88 Å². The van der Waals surface area contributed by atoms with Gasteiger partial charge in [0, 0.05) is 30.2 Å². The van der Waals surface area contributed by atoms with Gasteiger partial charge < -0.3 is 14.6 Å². The number of hydrogen-bond donors (Lipinski definition) is 1. The summed E-state index contributed by atoms with van der Waals surface area (Å²) < 4.78 is 7.30. The van der Waals surface area contributed by atoms with Gasteiger partial charge >= 0.3 is 12.0 Å². The Morgan fingerprint density at radius 2 is 1.69 bits per heavy atom. The third-order valence-electron chi connectivity index (χ3n) is 4.39. The molecular formula is C19H21N3O4. The van der Waals surface area contributed by atoms with Crippen molar-refractivity contribution in [2.75, 3.05) is 13.1 Å². The fourth-order valence-electron chi connectivity index (χ4n) is 3.00. The summed E-state index contributed by atoms with van der Waals surface area (Å²) in [4.78, 5) is 37.1. The maximum Gasteiger partial charge on any atom is 0.338 e. The second-order valence-electron chi connectivity index (χ2n) is 6.27. The zero-order chi connectivity index (χ0) is 18.8. The van der Waals surface area contributed by atoms with Gasteiger partial charge in [-0.1, -0.05) is 0 Å². The van der Waals surface area contributed by atoms with Crippen molar-refractivity contribution in [2.24, 2.45) is 0 Å². The first-order valence-corrected chi connectivity index (χ1v) is 8.44. The minimum atomic E-state index is -1.03. The van der Waals surface area contributed by atoms with Crippen LogP contribution in [-0.4, -0.2) is 46.6 Å². The first kappa shape index (κ1) is 17.7. The largest absolute Gasteiger partial charge is 0.449 e. The topological polar surface area (TPSA) is 80.6 Å². The molecule has 1 N–H and O–H groups in total. The fourth-order valence-corrected chi connectivity index (χ4v) is 3.00. The van der Waals surface area contributed by atoms with Crippen LogP contribution in [0.3, 0.4) is 0 Å². The Bertz CT molecular complexity index is 835. The highest BCUT2D eigenvalue weighted by molar-refractivity contribution is 5.99. The third-order valence-corrected chi connectivity index (χ3v) is 4.39. The number of esters is 1. The average molecular weight is 355 g/mol. The van der Waals surface area contributed by atoms with E-state index in [-0.39, 0.29) is 6.54 Å². The molecule has 0 aliphatic carbocycles. The Morgan fingerprint density at radius 3 is 2.23 bits per heavy atom. The minimum absolute atomic E-state index is 0.282. The Morgan fingerprint density at radius 1 is 1.08 bits per heavy atom. The van der Waals surface area contributed by atoms with E-state index >= 15 is 0 Å². The van der Waals surface area contributed by atoms with Crippen molar-refractivity contribution in [3.05, 3.63) is 53.3 Å². The highest BCUT2D eigenvalue weighted by atomic mass is 16.5. The molecule has 0 radical (unpaired) electrons. The number of aryl methyl sites for hydroxylation is 2. The number of nitrogens with one attached hydrogen (secondary N) is 1. The molecule has 3 rings (SSSR count). The normalized spacial score (nSPS) is 14.9. The summed E-state index contributed by atoms with van der Waals surface area (Å²) in [6.45, 7) is 6.18. The molecule has 1 saturated heterocycles. The zero-order valence-electron chi connectivity index (χ0n) is 15.0. The first-order valence-electron chi connectivity index (χ1n) is 8.44. The summed E-state index contributed by atoms with van der Waals surface area (Å²) in [5.41, 5.74) is 3.49. The molecule has 1 aliphatic rings. The summed E-state index contributed by atoms with van der Waals surface area (Å²) in [6, 6.07) is 10.6. The van der Waals surface area contributed by atoms with Gasteiger partial charge in [0.25, 0.3) is 5.91 Å². The van der Waals surface area contributed by atoms with Crippen LogP contribution in [0.4, 0.5) is 4.79 Å². The molecule has 136 valence electrons. The van der Waals surface area contributed by atoms with Crippen LogP contribution in [0.2, 0.25) is 0 Å². The second kappa shape index (κ2) is 7.03. The van der Waals surface area contributed by atoms with E-state index in [1.165, 1.54) is 6.92 Å². The predicted octanol–water partition coefficient (Wildman–Crippen LogP) is 2.19. The number of aromatic nitrogens is 1. The number of carbonyl (C=O) groups excluding carboxylic acids is 3. The smallest absolute Gasteiger partial charge is 0.338 e. The highest BCUT2D eigenvalue weighted by Crippen LogP contribution is 2.17. The van der Waals surface area contributed by atoms with Crippen LogP contribution in [0.15, 0.2) is 36.4 Å². The first-order chi connectivity index (χ1) is 12.4. The lowest BCUT2D eigenvalue weighted by atomic mass is 10.2. The summed E-state index contributed by atoms with van der Waals surface area (Å²) >= 11 is 0. The molecule has 0 bridgehead atoms. The Hall–Kier alpha value is -3.09. The average Bonchev–Trinajstić information content (AvgIpc) is 3.19. The second-order valence-corrected chi connectivity index (χ2v) is 6.27. The SMILES string of the molecule is Cc1ccc(C)n1-c1ccc(C(=O)OC(C)C(=O)N2CCNC2=O)cc1. The number of hydrogen-bond acceptors (Lipinski definition) is 4. The molecule has 1 aliphatic heterocycles. The van der Waals surface area contributed by atoms with Crippen LogP contribution in [0, 0.1) is 13.8 Å². The van der Waals surface area contributed by atoms with Crippen molar-refractivity contribution >= 4 is 17.9 Å². The van der Waals surface area contributed by atoms with Gasteiger partial charge in [-0.05, 0) is 57.2 Å². The molecule has 2 heterocycles. The number of imide groups is 1. The van der Waals surface area contributed by atoms with Crippen molar-refractivity contribution < 1.29 is 19.1 Å². The van der Waals surface area contributed by atoms with Gasteiger partial charge in [0.1, 0.15) is 0 Å². The Balaban J connectivity index is 1.68. The molecule has 0 spiro atoms. The number of ether oxygens (including phenoxy) is 1. The molecule has 1 aromatic heterocycles.